The van der Waals surface area contributed by atoms with Gasteiger partial charge >= 0.3 is 39.8 Å². The minimum absolute atomic E-state index is 0. The molecule has 0 aromatic heterocycles. The second kappa shape index (κ2) is 49.5. The van der Waals surface area contributed by atoms with Crippen molar-refractivity contribution in [2.75, 3.05) is 49.8 Å². The summed E-state index contributed by atoms with van der Waals surface area (Å²) in [7, 11) is 7.75. The van der Waals surface area contributed by atoms with Crippen molar-refractivity contribution < 1.29 is 67.0 Å². The Labute approximate surface area is 542 Å². The van der Waals surface area contributed by atoms with Gasteiger partial charge in [-0.1, -0.05) is 112 Å². The summed E-state index contributed by atoms with van der Waals surface area (Å²) in [6.07, 6.45) is 0. The maximum atomic E-state index is 8.47. The molecular formula is C49H42BBr7F4N14O10. The van der Waals surface area contributed by atoms with Crippen molar-refractivity contribution in [2.45, 2.75) is 0 Å². The second-order valence-corrected chi connectivity index (χ2v) is 20.1. The van der Waals surface area contributed by atoms with E-state index < -0.39 is 7.32 Å². The highest BCUT2D eigenvalue weighted by Crippen LogP contribution is 2.35. The van der Waals surface area contributed by atoms with E-state index in [-0.39, 0.29) is 18.8 Å². The van der Waals surface area contributed by atoms with Crippen LogP contribution in [-0.4, -0.2) is 57.1 Å². The molecule has 7 aromatic carbocycles. The normalized spacial score (nSPS) is 8.31. The predicted octanol–water partition coefficient (Wildman–Crippen LogP) is 4.66. The Kier molecular flexibility index (Phi) is 50.0. The van der Waals surface area contributed by atoms with E-state index in [0.717, 1.165) is 31.3 Å². The third kappa shape index (κ3) is 33.9. The first-order valence-corrected chi connectivity index (χ1v) is 27.0. The van der Waals surface area contributed by atoms with Crippen LogP contribution in [-0.2, 0) is 0 Å². The van der Waals surface area contributed by atoms with E-state index in [2.05, 4.69) is 146 Å². The van der Waals surface area contributed by atoms with Gasteiger partial charge in [-0.25, -0.2) is 0 Å². The zero-order valence-electron chi connectivity index (χ0n) is 44.7. The predicted molar refractivity (Wildman–Crippen MR) is 324 cm³/mol. The van der Waals surface area contributed by atoms with Gasteiger partial charge in [-0.2, -0.15) is 0 Å². The summed E-state index contributed by atoms with van der Waals surface area (Å²) >= 11 is 22.8. The van der Waals surface area contributed by atoms with Crippen LogP contribution in [0.15, 0.2) is 159 Å². The number of rotatable bonds is 7. The van der Waals surface area contributed by atoms with Crippen LogP contribution < -0.4 is 67.0 Å². The van der Waals surface area contributed by atoms with Gasteiger partial charge in [0.05, 0.1) is 49.8 Å². The van der Waals surface area contributed by atoms with Crippen LogP contribution in [0.4, 0.5) is 39.8 Å². The van der Waals surface area contributed by atoms with E-state index >= 15 is 0 Å². The van der Waals surface area contributed by atoms with Gasteiger partial charge in [0.1, 0.15) is 0 Å². The lowest BCUT2D eigenvalue weighted by atomic mass is 10.3. The molecule has 0 saturated heterocycles. The summed E-state index contributed by atoms with van der Waals surface area (Å²) in [5.74, 6) is 3.80. The summed E-state index contributed by atoms with van der Waals surface area (Å²) in [5.41, 5.74) is 2.99. The van der Waals surface area contributed by atoms with Crippen LogP contribution in [0.25, 0.3) is 34.8 Å². The lowest BCUT2D eigenvalue weighted by Gasteiger charge is -2.35. The van der Waals surface area contributed by atoms with E-state index in [4.69, 9.17) is 86.0 Å². The standard InChI is InChI=1S/7C7H6BrN2O.BO3.4FH/c7*1-11-7-4-5(8)2-3-6(7)10-9;2-1(3)4;;;;/h7*2-4H,1H3;;4*1H/q7*+1;-3;;;;/p-4. The summed E-state index contributed by atoms with van der Waals surface area (Å²) in [6, 6.07) is 36.1. The minimum Gasteiger partial charge on any atom is -1.00 e. The number of hydrogen-bond donors (Lipinski definition) is 0. The average Bonchev–Trinajstić information content (AvgIpc) is 3.47. The minimum atomic E-state index is -2.92. The molecular weight excluding hydrogens is 1590 g/mol. The molecule has 0 saturated carbocycles. The molecule has 0 atom stereocenters. The zero-order chi connectivity index (χ0) is 61.5. The van der Waals surface area contributed by atoms with Crippen molar-refractivity contribution in [3.05, 3.63) is 194 Å². The van der Waals surface area contributed by atoms with Gasteiger partial charge in [0.2, 0.25) is 78.0 Å². The molecule has 0 aliphatic carbocycles. The van der Waals surface area contributed by atoms with Crippen LogP contribution >= 0.6 is 112 Å². The Balaban J connectivity index is -0.000000287. The Hall–Kier alpha value is -7.90. The molecule has 0 aliphatic heterocycles. The van der Waals surface area contributed by atoms with E-state index in [0.29, 0.717) is 80.1 Å². The average molecular weight is 1630 g/mol. The SMILES string of the molecule is COc1cc(Br)ccc1[N+]#N.COc1cc(Br)ccc1[N+]#N.COc1cc(Br)ccc1[N+]#N.COc1cc(Br)ccc1[N+]#N.COc1cc(Br)ccc1[N+]#N.COc1cc(Br)ccc1[N+]#N.COc1cc(Br)ccc1[N+]#N.[F-].[F-].[F-].[F-].[O-]B([O-])[O-]. The highest BCUT2D eigenvalue weighted by atomic mass is 79.9. The molecule has 7 aromatic rings. The molecule has 85 heavy (non-hydrogen) atoms. The van der Waals surface area contributed by atoms with E-state index in [1.54, 1.807) is 127 Å². The van der Waals surface area contributed by atoms with Crippen molar-refractivity contribution in [3.63, 3.8) is 0 Å². The molecule has 0 bridgehead atoms. The maximum absolute atomic E-state index is 8.47. The maximum Gasteiger partial charge on any atom is 0.426 e. The number of halogens is 11. The lowest BCUT2D eigenvalue weighted by Crippen LogP contribution is -3.00. The molecule has 448 valence electrons. The number of nitrogens with zero attached hydrogens (tertiary/aromatic N) is 14. The fourth-order valence-corrected chi connectivity index (χ4v) is 7.52. The third-order valence-electron chi connectivity index (χ3n) is 8.75. The smallest absolute Gasteiger partial charge is 0.426 e. The van der Waals surface area contributed by atoms with Crippen LogP contribution in [0.1, 0.15) is 0 Å². The highest BCUT2D eigenvalue weighted by molar-refractivity contribution is 9.11. The topological polar surface area (TPSA) is 331 Å². The van der Waals surface area contributed by atoms with E-state index in [9.17, 15) is 0 Å². The van der Waals surface area contributed by atoms with Crippen LogP contribution in [0, 0.1) is 37.7 Å². The molecule has 0 unspecified atom stereocenters. The molecule has 0 heterocycles. The Morgan fingerprint density at radius 2 is 0.353 bits per heavy atom. The molecule has 7 rings (SSSR count). The Bertz CT molecular complexity index is 2860. The van der Waals surface area contributed by atoms with Crippen LogP contribution in [0.2, 0.25) is 0 Å². The summed E-state index contributed by atoms with van der Waals surface area (Å²) in [6.45, 7) is 0. The number of methoxy groups -OCH3 is 7. The number of diazo groups is 7. The van der Waals surface area contributed by atoms with Gasteiger partial charge in [0.15, 0.2) is 34.8 Å². The fourth-order valence-electron chi connectivity index (χ4n) is 5.14. The molecule has 36 heteroatoms. The van der Waals surface area contributed by atoms with Crippen molar-refractivity contribution in [2.24, 2.45) is 0 Å². The van der Waals surface area contributed by atoms with Gasteiger partial charge < -0.3 is 67.0 Å². The van der Waals surface area contributed by atoms with Gasteiger partial charge in [0, 0.05) is 116 Å². The fraction of sp³-hybridized carbons (Fsp3) is 0.143. The lowest BCUT2D eigenvalue weighted by molar-refractivity contribution is -0.479. The van der Waals surface area contributed by atoms with E-state index in [1.165, 1.54) is 49.8 Å². The van der Waals surface area contributed by atoms with Gasteiger partial charge in [-0.3, -0.25) is 7.32 Å². The molecule has 24 nitrogen and oxygen atoms in total. The molecule has 0 radical (unpaired) electrons. The second-order valence-electron chi connectivity index (χ2n) is 13.7. The Morgan fingerprint density at radius 1 is 0.259 bits per heavy atom. The molecule has 0 aliphatic rings. The van der Waals surface area contributed by atoms with Crippen LogP contribution in [0.5, 0.6) is 40.2 Å². The summed E-state index contributed by atoms with van der Waals surface area (Å²) in [5, 5.41) is 84.5. The number of hydrogen-bond acceptors (Lipinski definition) is 17. The first-order valence-electron chi connectivity index (χ1n) is 21.4. The Morgan fingerprint density at radius 3 is 0.424 bits per heavy atom. The molecule has 0 N–H and O–H groups in total. The third-order valence-corrected chi connectivity index (χ3v) is 12.2. The molecule has 0 fully saturated rings. The summed E-state index contributed by atoms with van der Waals surface area (Å²) < 4.78 is 40.8. The quantitative estimate of drug-likeness (QED) is 0.119. The number of ether oxygens (including phenoxy) is 7. The first-order chi connectivity index (χ1) is 38.7. The molecule has 0 spiro atoms. The molecule has 0 amide bonds. The largest absolute Gasteiger partial charge is 1.00 e. The van der Waals surface area contributed by atoms with E-state index in [1.807, 2.05) is 0 Å². The van der Waals surface area contributed by atoms with Gasteiger partial charge in [0.25, 0.3) is 0 Å². The number of benzene rings is 7. The zero-order valence-corrected chi connectivity index (χ0v) is 55.8. The van der Waals surface area contributed by atoms with Crippen molar-refractivity contribution in [1.29, 1.82) is 37.7 Å². The van der Waals surface area contributed by atoms with Crippen molar-refractivity contribution in [3.8, 4) is 40.2 Å². The van der Waals surface area contributed by atoms with Gasteiger partial charge in [-0.05, 0) is 42.5 Å². The van der Waals surface area contributed by atoms with Gasteiger partial charge in [-0.15, -0.1) is 0 Å². The highest BCUT2D eigenvalue weighted by Gasteiger charge is 2.18. The summed E-state index contributed by atoms with van der Waals surface area (Å²) in [4.78, 5) is 21.3. The van der Waals surface area contributed by atoms with Crippen molar-refractivity contribution in [1.82, 2.24) is 0 Å². The first kappa shape index (κ1) is 85.9. The van der Waals surface area contributed by atoms with Crippen molar-refractivity contribution >= 4 is 159 Å². The monoisotopic (exact) mass is 1630 g/mol. The van der Waals surface area contributed by atoms with Crippen LogP contribution in [0.3, 0.4) is 0 Å².